The number of amides is 4. The smallest absolute Gasteiger partial charge is 0.407 e. The zero-order valence-electron chi connectivity index (χ0n) is 33.3. The number of hydrogen-bond donors (Lipinski definition) is 4. The molecule has 2 aliphatic heterocycles. The van der Waals surface area contributed by atoms with Crippen LogP contribution in [0, 0.1) is 23.7 Å². The number of aromatic amines is 2. The van der Waals surface area contributed by atoms with Crippen LogP contribution in [-0.4, -0.2) is 103 Å². The number of H-pyrrole nitrogens is 2. The molecule has 7 rings (SSSR count). The highest BCUT2D eigenvalue weighted by atomic mass is 16.5. The minimum absolute atomic E-state index is 0.115. The number of alkyl carbamates (subject to hydrolysis) is 2. The van der Waals surface area contributed by atoms with Gasteiger partial charge >= 0.3 is 12.2 Å². The van der Waals surface area contributed by atoms with Crippen LogP contribution in [0.1, 0.15) is 83.5 Å². The molecule has 0 spiro atoms. The molecular weight excluding hydrogens is 729 g/mol. The molecular formula is C41H52N10O6. The maximum atomic E-state index is 13.9. The van der Waals surface area contributed by atoms with Crippen LogP contribution >= 0.6 is 0 Å². The number of benzene rings is 1. The summed E-state index contributed by atoms with van der Waals surface area (Å²) in [7, 11) is 2.58. The van der Waals surface area contributed by atoms with Crippen molar-refractivity contribution in [2.45, 2.75) is 84.0 Å². The standard InChI is InChI=1S/C41H52N10O6/c1-22(2)33(48-40(54)56-5)38(52)50-15-7-8-31(50)36-44-19-29(46-36)25-11-13-26(14-12-25)35-42-17-28(18-43-35)30-20-45-37(47-30)32-16-27(24-9-10-24)21-51(32)39(53)34(23(3)4)49-41(55)57-6/h11-14,17-20,22-24,27,31-34H,7-10,15-16,21H2,1-6H3,(H,44,46)(H,45,47)(H,48,54)(H,49,55)/t27-,31-,32-,33-,34-/m0/s1. The van der Waals surface area contributed by atoms with E-state index in [0.717, 1.165) is 47.3 Å². The second-order valence-corrected chi connectivity index (χ2v) is 16.0. The monoisotopic (exact) mass is 780 g/mol. The van der Waals surface area contributed by atoms with Crippen molar-refractivity contribution in [1.29, 1.82) is 0 Å². The van der Waals surface area contributed by atoms with Crippen molar-refractivity contribution in [3.8, 4) is 33.9 Å². The number of imidazole rings is 2. The Labute approximate surface area is 331 Å². The maximum absolute atomic E-state index is 13.9. The number of likely N-dealkylation sites (tertiary alicyclic amines) is 2. The molecule has 2 saturated heterocycles. The quantitative estimate of drug-likeness (QED) is 0.139. The van der Waals surface area contributed by atoms with E-state index in [0.29, 0.717) is 42.4 Å². The zero-order chi connectivity index (χ0) is 40.4. The van der Waals surface area contributed by atoms with Gasteiger partial charge in [0.2, 0.25) is 11.8 Å². The molecule has 0 unspecified atom stereocenters. The third-order valence-electron chi connectivity index (χ3n) is 11.5. The lowest BCUT2D eigenvalue weighted by atomic mass is 10.0. The maximum Gasteiger partial charge on any atom is 0.407 e. The third kappa shape index (κ3) is 8.49. The van der Waals surface area contributed by atoms with Crippen LogP contribution in [-0.2, 0) is 19.1 Å². The van der Waals surface area contributed by atoms with Crippen molar-refractivity contribution in [1.82, 2.24) is 50.3 Å². The molecule has 4 aromatic rings. The van der Waals surface area contributed by atoms with Gasteiger partial charge in [-0.15, -0.1) is 0 Å². The first-order chi connectivity index (χ1) is 27.4. The number of methoxy groups -OCH3 is 2. The Morgan fingerprint density at radius 2 is 1.19 bits per heavy atom. The average Bonchev–Trinajstić information content (AvgIpc) is 3.65. The molecule has 3 aliphatic rings. The number of aromatic nitrogens is 6. The second kappa shape index (κ2) is 16.7. The summed E-state index contributed by atoms with van der Waals surface area (Å²) in [5, 5.41) is 5.42. The van der Waals surface area contributed by atoms with E-state index in [1.54, 1.807) is 29.7 Å². The molecule has 16 nitrogen and oxygen atoms in total. The predicted octanol–water partition coefficient (Wildman–Crippen LogP) is 5.65. The molecule has 4 amide bonds. The lowest BCUT2D eigenvalue weighted by Gasteiger charge is -2.30. The van der Waals surface area contributed by atoms with Crippen LogP contribution in [0.3, 0.4) is 0 Å². The molecule has 0 radical (unpaired) electrons. The van der Waals surface area contributed by atoms with Crippen molar-refractivity contribution in [2.24, 2.45) is 23.7 Å². The van der Waals surface area contributed by atoms with E-state index < -0.39 is 24.3 Å². The molecule has 3 fully saturated rings. The molecule has 4 N–H and O–H groups in total. The topological polar surface area (TPSA) is 200 Å². The van der Waals surface area contributed by atoms with Gasteiger partial charge in [-0.1, -0.05) is 52.0 Å². The fourth-order valence-corrected chi connectivity index (χ4v) is 8.07. The van der Waals surface area contributed by atoms with E-state index in [4.69, 9.17) is 14.5 Å². The molecule has 1 aromatic carbocycles. The van der Waals surface area contributed by atoms with Gasteiger partial charge in [0.15, 0.2) is 5.82 Å². The van der Waals surface area contributed by atoms with Gasteiger partial charge in [-0.25, -0.2) is 29.5 Å². The molecule has 57 heavy (non-hydrogen) atoms. The Kier molecular flexibility index (Phi) is 11.6. The van der Waals surface area contributed by atoms with E-state index in [1.807, 2.05) is 56.9 Å². The summed E-state index contributed by atoms with van der Waals surface area (Å²) < 4.78 is 9.56. The highest BCUT2D eigenvalue weighted by Crippen LogP contribution is 2.47. The van der Waals surface area contributed by atoms with Gasteiger partial charge in [0.05, 0.1) is 50.1 Å². The van der Waals surface area contributed by atoms with Crippen molar-refractivity contribution >= 4 is 24.0 Å². The number of carbonyl (C=O) groups is 4. The van der Waals surface area contributed by atoms with Crippen molar-refractivity contribution in [3.05, 3.63) is 60.7 Å². The van der Waals surface area contributed by atoms with Gasteiger partial charge in [-0.05, 0) is 61.3 Å². The van der Waals surface area contributed by atoms with Gasteiger partial charge in [0.1, 0.15) is 23.7 Å². The van der Waals surface area contributed by atoms with Crippen molar-refractivity contribution < 1.29 is 28.7 Å². The van der Waals surface area contributed by atoms with Crippen LogP contribution in [0.15, 0.2) is 49.1 Å². The zero-order valence-corrected chi connectivity index (χ0v) is 33.3. The van der Waals surface area contributed by atoms with Gasteiger partial charge in [0, 0.05) is 36.6 Å². The summed E-state index contributed by atoms with van der Waals surface area (Å²) in [5.41, 5.74) is 4.10. The summed E-state index contributed by atoms with van der Waals surface area (Å²) in [6.45, 7) is 8.82. The van der Waals surface area contributed by atoms with Crippen LogP contribution in [0.25, 0.3) is 33.9 Å². The summed E-state index contributed by atoms with van der Waals surface area (Å²) in [4.78, 5) is 80.7. The van der Waals surface area contributed by atoms with Crippen LogP contribution in [0.5, 0.6) is 0 Å². The number of nitrogens with one attached hydrogen (secondary N) is 4. The Morgan fingerprint density at radius 1 is 0.667 bits per heavy atom. The molecule has 16 heteroatoms. The van der Waals surface area contributed by atoms with E-state index in [9.17, 15) is 19.2 Å². The normalized spacial score (nSPS) is 20.5. The largest absolute Gasteiger partial charge is 0.453 e. The van der Waals surface area contributed by atoms with Crippen LogP contribution in [0.4, 0.5) is 9.59 Å². The minimum Gasteiger partial charge on any atom is -0.453 e. The minimum atomic E-state index is -0.707. The summed E-state index contributed by atoms with van der Waals surface area (Å²) in [6, 6.07) is 5.99. The summed E-state index contributed by atoms with van der Waals surface area (Å²) in [5.74, 6) is 2.44. The number of hydrogen-bond acceptors (Lipinski definition) is 10. The lowest BCUT2D eigenvalue weighted by molar-refractivity contribution is -0.136. The Balaban J connectivity index is 1.02. The fraction of sp³-hybridized carbons (Fsp3) is 0.512. The van der Waals surface area contributed by atoms with Gasteiger partial charge in [-0.3, -0.25) is 9.59 Å². The predicted molar refractivity (Wildman–Crippen MR) is 210 cm³/mol. The number of rotatable bonds is 12. The third-order valence-corrected chi connectivity index (χ3v) is 11.5. The SMILES string of the molecule is COC(=O)N[C@H](C(=O)N1CCC[C@H]1c1ncc(-c2ccc(-c3ncc(-c4cnc([C@@H]5C[C@H](C6CC6)CN5C(=O)[C@@H](NC(=O)OC)C(C)C)[nH]4)cn3)cc2)[nH]1)C(C)C. The highest BCUT2D eigenvalue weighted by molar-refractivity contribution is 5.87. The molecule has 1 saturated carbocycles. The highest BCUT2D eigenvalue weighted by Gasteiger charge is 2.46. The van der Waals surface area contributed by atoms with E-state index in [1.165, 1.54) is 27.1 Å². The summed E-state index contributed by atoms with van der Waals surface area (Å²) >= 11 is 0. The van der Waals surface area contributed by atoms with Gasteiger partial charge in [0.25, 0.3) is 0 Å². The molecule has 302 valence electrons. The van der Waals surface area contributed by atoms with Crippen molar-refractivity contribution in [2.75, 3.05) is 27.3 Å². The molecule has 5 atom stereocenters. The first-order valence-electron chi connectivity index (χ1n) is 19.8. The molecule has 0 bridgehead atoms. The first-order valence-corrected chi connectivity index (χ1v) is 19.8. The van der Waals surface area contributed by atoms with E-state index in [2.05, 4.69) is 35.6 Å². The Bertz CT molecular complexity index is 2060. The van der Waals surface area contributed by atoms with Crippen LogP contribution in [0.2, 0.25) is 0 Å². The number of nitrogens with zero attached hydrogens (tertiary/aromatic N) is 6. The van der Waals surface area contributed by atoms with Crippen LogP contribution < -0.4 is 10.6 Å². The van der Waals surface area contributed by atoms with Gasteiger partial charge < -0.3 is 39.9 Å². The van der Waals surface area contributed by atoms with Gasteiger partial charge in [-0.2, -0.15) is 0 Å². The fourth-order valence-electron chi connectivity index (χ4n) is 8.07. The van der Waals surface area contributed by atoms with Crippen molar-refractivity contribution in [3.63, 3.8) is 0 Å². The first kappa shape index (κ1) is 39.4. The molecule has 1 aliphatic carbocycles. The van der Waals surface area contributed by atoms with E-state index in [-0.39, 0.29) is 35.7 Å². The van der Waals surface area contributed by atoms with E-state index >= 15 is 0 Å². The Morgan fingerprint density at radius 3 is 1.74 bits per heavy atom. The number of ether oxygens (including phenoxy) is 2. The molecule has 5 heterocycles. The second-order valence-electron chi connectivity index (χ2n) is 16.0. The number of carbonyl (C=O) groups excluding carboxylic acids is 4. The molecule has 3 aromatic heterocycles. The Hall–Kier alpha value is -5.80. The summed E-state index contributed by atoms with van der Waals surface area (Å²) in [6.07, 6.45) is 10.5. The average molecular weight is 781 g/mol. The lowest BCUT2D eigenvalue weighted by Crippen LogP contribution is -2.51.